The largest absolute Gasteiger partial charge is 0.496 e. The number of ketones is 4. The second-order valence-electron chi connectivity index (χ2n) is 21.7. The number of nitrogens with zero attached hydrogens (tertiary/aromatic N) is 3. The number of benzene rings is 5. The van der Waals surface area contributed by atoms with E-state index in [2.05, 4.69) is 35.9 Å². The van der Waals surface area contributed by atoms with Crippen LogP contribution in [0.1, 0.15) is 108 Å². The van der Waals surface area contributed by atoms with Crippen molar-refractivity contribution in [2.45, 2.75) is 94.8 Å². The molecule has 6 rings (SSSR count). The lowest BCUT2D eigenvalue weighted by Crippen LogP contribution is -2.42. The molecular weight excluding hydrogens is 1180 g/mol. The molecule has 0 aliphatic carbocycles. The quantitative estimate of drug-likeness (QED) is 0.0150. The van der Waals surface area contributed by atoms with E-state index < -0.39 is 65.1 Å². The maximum atomic E-state index is 14.5. The minimum atomic E-state index is -1.17. The Morgan fingerprint density at radius 1 is 0.446 bits per heavy atom. The SMILES string of the molecule is COc1ccc(CC(=O)[C@@H](CCCN=C(N)N)NC(=O)c2cc(CC(=O)[C@@H](CCCN=C(N)N)NC(=O)c3cc(CC(=O)[C@@H](CCCN=C(N)N)NC(=O)c4cc(CC(=O)[C@H](N)Cc5c[nH]c6ccccc56)ccc4OC)ccc3OC)ccc2OC)cc1C(N)=O. The summed E-state index contributed by atoms with van der Waals surface area (Å²) in [4.78, 5) is 127. The van der Waals surface area contributed by atoms with Crippen molar-refractivity contribution in [3.63, 3.8) is 0 Å². The van der Waals surface area contributed by atoms with Crippen LogP contribution in [0, 0.1) is 0 Å². The van der Waals surface area contributed by atoms with Crippen LogP contribution in [0.3, 0.4) is 0 Å². The highest BCUT2D eigenvalue weighted by Gasteiger charge is 2.29. The number of aromatic nitrogens is 1. The fourth-order valence-corrected chi connectivity index (χ4v) is 10.3. The number of amides is 4. The van der Waals surface area contributed by atoms with Gasteiger partial charge in [0.15, 0.2) is 41.0 Å². The number of para-hydroxylation sites is 1. The number of ether oxygens (including phenoxy) is 4. The van der Waals surface area contributed by atoms with Crippen LogP contribution < -0.4 is 80.8 Å². The van der Waals surface area contributed by atoms with Gasteiger partial charge in [-0.15, -0.1) is 0 Å². The van der Waals surface area contributed by atoms with Crippen LogP contribution in [0.15, 0.2) is 118 Å². The van der Waals surface area contributed by atoms with E-state index in [4.69, 9.17) is 64.8 Å². The van der Waals surface area contributed by atoms with Crippen LogP contribution >= 0.6 is 0 Å². The number of carbonyl (C=O) groups is 8. The van der Waals surface area contributed by atoms with Crippen LogP contribution in [0.4, 0.5) is 0 Å². The lowest BCUT2D eigenvalue weighted by atomic mass is 9.96. The average molecular weight is 1260 g/mol. The number of hydrogen-bond donors (Lipinski definition) is 12. The minimum Gasteiger partial charge on any atom is -0.496 e. The number of hydrogen-bond acceptors (Lipinski definition) is 16. The molecule has 4 atom stereocenters. The highest BCUT2D eigenvalue weighted by Crippen LogP contribution is 2.27. The molecular formula is C65H81N15O12. The Balaban J connectivity index is 1.20. The molecule has 0 saturated heterocycles. The Bertz CT molecular complexity index is 3740. The molecule has 0 fully saturated rings. The summed E-state index contributed by atoms with van der Waals surface area (Å²) in [6.07, 6.45) is 2.26. The van der Waals surface area contributed by atoms with Crippen molar-refractivity contribution in [1.82, 2.24) is 20.9 Å². The first-order valence-electron chi connectivity index (χ1n) is 29.5. The van der Waals surface area contributed by atoms with Gasteiger partial charge in [-0.25, -0.2) is 0 Å². The molecule has 0 bridgehead atoms. The van der Waals surface area contributed by atoms with Crippen LogP contribution in [0.5, 0.6) is 23.0 Å². The Labute approximate surface area is 531 Å². The summed E-state index contributed by atoms with van der Waals surface area (Å²) in [5, 5.41) is 9.43. The van der Waals surface area contributed by atoms with E-state index in [0.717, 1.165) is 16.5 Å². The summed E-state index contributed by atoms with van der Waals surface area (Å²) >= 11 is 0. The van der Waals surface area contributed by atoms with Gasteiger partial charge in [-0.3, -0.25) is 53.3 Å². The number of primary amides is 1. The van der Waals surface area contributed by atoms with Gasteiger partial charge in [-0.2, -0.15) is 0 Å². The Kier molecular flexibility index (Phi) is 26.1. The maximum absolute atomic E-state index is 14.5. The van der Waals surface area contributed by atoms with Gasteiger partial charge < -0.3 is 85.8 Å². The summed E-state index contributed by atoms with van der Waals surface area (Å²) in [6, 6.07) is 21.8. The van der Waals surface area contributed by atoms with Crippen LogP contribution in [-0.2, 0) is 51.3 Å². The smallest absolute Gasteiger partial charge is 0.255 e. The number of guanidine groups is 3. The molecule has 27 nitrogen and oxygen atoms in total. The fraction of sp³-hybridized carbons (Fsp3) is 0.338. The van der Waals surface area contributed by atoms with Gasteiger partial charge in [0.2, 0.25) is 0 Å². The zero-order valence-corrected chi connectivity index (χ0v) is 51.9. The third-order valence-electron chi connectivity index (χ3n) is 15.0. The standard InChI is InChI=1S/C65H81N15O12/c1-89-55-19-15-36(26-42(55)59(67)85)31-52(82)48(12-7-23-74-63(68)69)78-61(87)44-28-38(17-21-57(44)91-3)33-54(84)50(14-9-25-76-65(72)73)80-62(88)45-29-39(18-22-58(45)92-4)32-53(83)49(13-8-24-75-64(70)71)79-60(86)43-27-37(16-20-56(43)90-2)30-51(81)46(66)34-40-35-77-47-11-6-5-10-41(40)47/h5-6,10-11,15-22,26-29,35,46,48-50,77H,7-9,12-14,23-25,30-34,66H2,1-4H3,(H2,67,85)(H,78,87)(H,79,86)(H,80,88)(H4,68,69,74)(H4,70,71,75)(H4,72,73,76)/t46-,48-,49-,50-/m1/s1. The average Bonchev–Trinajstić information content (AvgIpc) is 1.71. The Morgan fingerprint density at radius 2 is 0.772 bits per heavy atom. The molecule has 4 amide bonds. The third kappa shape index (κ3) is 20.4. The zero-order chi connectivity index (χ0) is 67.0. The summed E-state index contributed by atoms with van der Waals surface area (Å²) in [7, 11) is 5.46. The highest BCUT2D eigenvalue weighted by atomic mass is 16.5. The number of rotatable bonds is 37. The van der Waals surface area contributed by atoms with Gasteiger partial charge in [0.05, 0.1) is 74.9 Å². The first-order chi connectivity index (χ1) is 44.0. The minimum absolute atomic E-state index is 0.0166. The van der Waals surface area contributed by atoms with Gasteiger partial charge in [-0.05, 0) is 127 Å². The van der Waals surface area contributed by atoms with Crippen molar-refractivity contribution >= 4 is 75.5 Å². The van der Waals surface area contributed by atoms with Crippen molar-refractivity contribution in [3.05, 3.63) is 153 Å². The molecule has 488 valence electrons. The summed E-state index contributed by atoms with van der Waals surface area (Å²) in [5.41, 5.74) is 48.9. The monoisotopic (exact) mass is 1260 g/mol. The zero-order valence-electron chi connectivity index (χ0n) is 51.9. The Morgan fingerprint density at radius 3 is 1.11 bits per heavy atom. The molecule has 0 radical (unpaired) electrons. The van der Waals surface area contributed by atoms with Crippen molar-refractivity contribution in [2.75, 3.05) is 48.1 Å². The van der Waals surface area contributed by atoms with Gasteiger partial charge in [-0.1, -0.05) is 42.5 Å². The fourth-order valence-electron chi connectivity index (χ4n) is 10.3. The number of H-pyrrole nitrogens is 1. The van der Waals surface area contributed by atoms with Gasteiger partial charge in [0.25, 0.3) is 23.6 Å². The predicted octanol–water partition coefficient (Wildman–Crippen LogP) is 1.87. The predicted molar refractivity (Wildman–Crippen MR) is 349 cm³/mol. The van der Waals surface area contributed by atoms with Crippen molar-refractivity contribution in [1.29, 1.82) is 0 Å². The highest BCUT2D eigenvalue weighted by molar-refractivity contribution is 6.04. The number of carbonyl (C=O) groups excluding carboxylic acids is 8. The molecule has 0 saturated carbocycles. The van der Waals surface area contributed by atoms with E-state index in [9.17, 15) is 38.4 Å². The van der Waals surface area contributed by atoms with Gasteiger partial charge in [0.1, 0.15) is 23.0 Å². The number of nitrogens with one attached hydrogen (secondary N) is 4. The van der Waals surface area contributed by atoms with Crippen LogP contribution in [0.25, 0.3) is 10.9 Å². The number of nitrogens with two attached hydrogens (primary N) is 8. The van der Waals surface area contributed by atoms with E-state index in [-0.39, 0.29) is 159 Å². The first kappa shape index (κ1) is 70.3. The van der Waals surface area contributed by atoms with Crippen molar-refractivity contribution < 1.29 is 57.3 Å². The second kappa shape index (κ2) is 34.2. The molecule has 6 aromatic rings. The van der Waals surface area contributed by atoms with Crippen LogP contribution in [0.2, 0.25) is 0 Å². The molecule has 27 heteroatoms. The third-order valence-corrected chi connectivity index (χ3v) is 15.0. The number of Topliss-reactive ketones (excluding diaryl/α,β-unsaturated/α-hetero) is 4. The molecule has 0 aliphatic heterocycles. The molecule has 92 heavy (non-hydrogen) atoms. The number of methoxy groups -OCH3 is 4. The topological polar surface area (TPSA) is 471 Å². The molecule has 1 heterocycles. The first-order valence-corrected chi connectivity index (χ1v) is 29.5. The molecule has 0 spiro atoms. The molecule has 5 aromatic carbocycles. The summed E-state index contributed by atoms with van der Waals surface area (Å²) in [6.45, 7) is 0.393. The lowest BCUT2D eigenvalue weighted by Gasteiger charge is -2.21. The van der Waals surface area contributed by atoms with E-state index >= 15 is 0 Å². The molecule has 0 unspecified atom stereocenters. The number of aromatic amines is 1. The molecule has 0 aliphatic rings. The Hall–Kier alpha value is -10.8. The van der Waals surface area contributed by atoms with E-state index in [1.807, 2.05) is 30.5 Å². The molecule has 1 aromatic heterocycles. The van der Waals surface area contributed by atoms with E-state index in [1.165, 1.54) is 70.9 Å². The van der Waals surface area contributed by atoms with Gasteiger partial charge in [0, 0.05) is 62.4 Å². The maximum Gasteiger partial charge on any atom is 0.255 e. The summed E-state index contributed by atoms with van der Waals surface area (Å²) < 4.78 is 22.0. The van der Waals surface area contributed by atoms with Gasteiger partial charge >= 0.3 is 0 Å². The van der Waals surface area contributed by atoms with E-state index in [0.29, 0.717) is 22.3 Å². The van der Waals surface area contributed by atoms with E-state index in [1.54, 1.807) is 30.3 Å². The second-order valence-corrected chi connectivity index (χ2v) is 21.7. The molecule has 20 N–H and O–H groups in total. The normalized spacial score (nSPS) is 12.2. The number of fused-ring (bicyclic) bond motifs is 1. The summed E-state index contributed by atoms with van der Waals surface area (Å²) in [5.74, 6) is -4.37. The van der Waals surface area contributed by atoms with Crippen molar-refractivity contribution in [2.24, 2.45) is 60.8 Å². The van der Waals surface area contributed by atoms with Crippen molar-refractivity contribution in [3.8, 4) is 23.0 Å². The lowest BCUT2D eigenvalue weighted by molar-refractivity contribution is -0.121. The van der Waals surface area contributed by atoms with Crippen LogP contribution in [-0.4, -0.2) is 142 Å². The number of aliphatic imine (C=N–C) groups is 3.